The predicted octanol–water partition coefficient (Wildman–Crippen LogP) is 3.01. The molecule has 0 bridgehead atoms. The maximum Gasteiger partial charge on any atom is 0.119 e. The van der Waals surface area contributed by atoms with Crippen molar-refractivity contribution < 1.29 is 9.84 Å². The van der Waals surface area contributed by atoms with E-state index >= 15 is 0 Å². The summed E-state index contributed by atoms with van der Waals surface area (Å²) in [6.07, 6.45) is 2.13. The van der Waals surface area contributed by atoms with Gasteiger partial charge in [0.15, 0.2) is 0 Å². The van der Waals surface area contributed by atoms with Crippen LogP contribution in [0, 0.1) is 0 Å². The molecule has 2 aromatic rings. The molecule has 21 heavy (non-hydrogen) atoms. The third kappa shape index (κ3) is 2.94. The second kappa shape index (κ2) is 6.29. The average molecular weight is 283 g/mol. The number of aryl methyl sites for hydroxylation is 1. The van der Waals surface area contributed by atoms with Gasteiger partial charge in [-0.15, -0.1) is 0 Å². The highest BCUT2D eigenvalue weighted by Gasteiger charge is 2.25. The summed E-state index contributed by atoms with van der Waals surface area (Å²) in [7, 11) is 1.69. The second-order valence-corrected chi connectivity index (χ2v) is 5.47. The summed E-state index contributed by atoms with van der Waals surface area (Å²) >= 11 is 0. The second-order valence-electron chi connectivity index (χ2n) is 5.47. The number of ether oxygens (including phenoxy) is 1. The molecule has 3 heteroatoms. The number of aliphatic hydroxyl groups excluding tert-OH is 1. The minimum atomic E-state index is -0.0339. The standard InChI is InChI=1S/C18H21NO2/c1-21-15-9-7-13-8-10-17(16(13)11-15)19-18(12-20)14-5-3-2-4-6-14/h2-7,9,11,17-20H,8,10,12H2,1H3. The molecule has 2 N–H and O–H groups in total. The Labute approximate surface area is 125 Å². The first-order valence-corrected chi connectivity index (χ1v) is 7.40. The van der Waals surface area contributed by atoms with Crippen LogP contribution in [-0.4, -0.2) is 18.8 Å². The van der Waals surface area contributed by atoms with Gasteiger partial charge in [0.2, 0.25) is 0 Å². The Kier molecular flexibility index (Phi) is 4.23. The Balaban J connectivity index is 1.80. The Morgan fingerprint density at radius 2 is 2.05 bits per heavy atom. The minimum absolute atomic E-state index is 0.0339. The molecule has 0 heterocycles. The van der Waals surface area contributed by atoms with Gasteiger partial charge in [-0.3, -0.25) is 0 Å². The number of fused-ring (bicyclic) bond motifs is 1. The highest BCUT2D eigenvalue weighted by molar-refractivity contribution is 5.41. The van der Waals surface area contributed by atoms with Crippen LogP contribution in [0.25, 0.3) is 0 Å². The molecule has 1 aliphatic carbocycles. The molecular weight excluding hydrogens is 262 g/mol. The smallest absolute Gasteiger partial charge is 0.119 e. The fourth-order valence-electron chi connectivity index (χ4n) is 3.06. The lowest BCUT2D eigenvalue weighted by Gasteiger charge is -2.22. The summed E-state index contributed by atoms with van der Waals surface area (Å²) in [6, 6.07) is 16.6. The number of methoxy groups -OCH3 is 1. The number of benzene rings is 2. The monoisotopic (exact) mass is 283 g/mol. The highest BCUT2D eigenvalue weighted by Crippen LogP contribution is 2.35. The summed E-state index contributed by atoms with van der Waals surface area (Å²) in [4.78, 5) is 0. The number of hydrogen-bond acceptors (Lipinski definition) is 3. The molecule has 0 radical (unpaired) electrons. The maximum absolute atomic E-state index is 9.70. The molecule has 2 atom stereocenters. The van der Waals surface area contributed by atoms with Crippen LogP contribution in [0.2, 0.25) is 0 Å². The summed E-state index contributed by atoms with van der Waals surface area (Å²) in [5.74, 6) is 0.891. The van der Waals surface area contributed by atoms with Crippen LogP contribution in [0.5, 0.6) is 5.75 Å². The summed E-state index contributed by atoms with van der Waals surface area (Å²) in [5, 5.41) is 13.3. The van der Waals surface area contributed by atoms with Gasteiger partial charge in [-0.05, 0) is 41.7 Å². The molecule has 2 unspecified atom stereocenters. The van der Waals surface area contributed by atoms with Gasteiger partial charge in [0.05, 0.1) is 19.8 Å². The van der Waals surface area contributed by atoms with Gasteiger partial charge in [-0.25, -0.2) is 0 Å². The van der Waals surface area contributed by atoms with Crippen molar-refractivity contribution in [3.8, 4) is 5.75 Å². The van der Waals surface area contributed by atoms with Crippen molar-refractivity contribution in [2.45, 2.75) is 24.9 Å². The number of hydrogen-bond donors (Lipinski definition) is 2. The quantitative estimate of drug-likeness (QED) is 0.886. The fraction of sp³-hybridized carbons (Fsp3) is 0.333. The number of nitrogens with one attached hydrogen (secondary N) is 1. The zero-order valence-electron chi connectivity index (χ0n) is 12.3. The topological polar surface area (TPSA) is 41.5 Å². The first-order valence-electron chi connectivity index (χ1n) is 7.40. The molecule has 0 spiro atoms. The zero-order valence-corrected chi connectivity index (χ0v) is 12.3. The van der Waals surface area contributed by atoms with Crippen molar-refractivity contribution in [2.24, 2.45) is 0 Å². The van der Waals surface area contributed by atoms with Crippen molar-refractivity contribution >= 4 is 0 Å². The van der Waals surface area contributed by atoms with Crippen LogP contribution in [0.1, 0.15) is 35.2 Å². The van der Waals surface area contributed by atoms with Crippen molar-refractivity contribution in [3.05, 3.63) is 65.2 Å². The minimum Gasteiger partial charge on any atom is -0.497 e. The van der Waals surface area contributed by atoms with Gasteiger partial charge in [0.1, 0.15) is 5.75 Å². The lowest BCUT2D eigenvalue weighted by molar-refractivity contribution is 0.232. The Morgan fingerprint density at radius 1 is 1.24 bits per heavy atom. The van der Waals surface area contributed by atoms with Crippen molar-refractivity contribution in [2.75, 3.05) is 13.7 Å². The number of rotatable bonds is 5. The van der Waals surface area contributed by atoms with Crippen LogP contribution in [-0.2, 0) is 6.42 Å². The largest absolute Gasteiger partial charge is 0.497 e. The molecule has 0 aliphatic heterocycles. The first kappa shape index (κ1) is 14.1. The average Bonchev–Trinajstić information content (AvgIpc) is 2.95. The van der Waals surface area contributed by atoms with Crippen molar-refractivity contribution in [1.82, 2.24) is 5.32 Å². The van der Waals surface area contributed by atoms with E-state index in [1.165, 1.54) is 11.1 Å². The molecule has 2 aromatic carbocycles. The van der Waals surface area contributed by atoms with Gasteiger partial charge >= 0.3 is 0 Å². The van der Waals surface area contributed by atoms with E-state index < -0.39 is 0 Å². The van der Waals surface area contributed by atoms with Crippen molar-refractivity contribution in [3.63, 3.8) is 0 Å². The van der Waals surface area contributed by atoms with E-state index in [0.29, 0.717) is 0 Å². The van der Waals surface area contributed by atoms with E-state index in [4.69, 9.17) is 4.74 Å². The molecule has 3 nitrogen and oxygen atoms in total. The summed E-state index contributed by atoms with van der Waals surface area (Å²) in [5.41, 5.74) is 3.79. The van der Waals surface area contributed by atoms with Gasteiger partial charge in [-0.1, -0.05) is 36.4 Å². The van der Waals surface area contributed by atoms with E-state index in [-0.39, 0.29) is 18.7 Å². The third-order valence-electron chi connectivity index (χ3n) is 4.22. The number of aliphatic hydroxyl groups is 1. The highest BCUT2D eigenvalue weighted by atomic mass is 16.5. The Morgan fingerprint density at radius 3 is 2.76 bits per heavy atom. The SMILES string of the molecule is COc1ccc2c(c1)C(NC(CO)c1ccccc1)CC2. The molecule has 3 rings (SSSR count). The normalized spacial score (nSPS) is 18.3. The lowest BCUT2D eigenvalue weighted by atomic mass is 10.0. The molecule has 0 saturated heterocycles. The Bertz CT molecular complexity index is 597. The van der Waals surface area contributed by atoms with E-state index in [0.717, 1.165) is 24.2 Å². The van der Waals surface area contributed by atoms with Crippen LogP contribution in [0.15, 0.2) is 48.5 Å². The summed E-state index contributed by atoms with van der Waals surface area (Å²) < 4.78 is 5.33. The van der Waals surface area contributed by atoms with Gasteiger partial charge in [0, 0.05) is 6.04 Å². The Hall–Kier alpha value is -1.84. The predicted molar refractivity (Wildman–Crippen MR) is 83.5 cm³/mol. The van der Waals surface area contributed by atoms with Crippen LogP contribution in [0.3, 0.4) is 0 Å². The van der Waals surface area contributed by atoms with Gasteiger partial charge < -0.3 is 15.2 Å². The first-order chi connectivity index (χ1) is 10.3. The lowest BCUT2D eigenvalue weighted by Crippen LogP contribution is -2.27. The van der Waals surface area contributed by atoms with Crippen molar-refractivity contribution in [1.29, 1.82) is 0 Å². The third-order valence-corrected chi connectivity index (χ3v) is 4.22. The zero-order chi connectivity index (χ0) is 14.7. The molecule has 1 aliphatic rings. The van der Waals surface area contributed by atoms with Gasteiger partial charge in [-0.2, -0.15) is 0 Å². The van der Waals surface area contributed by atoms with E-state index in [2.05, 4.69) is 29.6 Å². The van der Waals surface area contributed by atoms with Crippen LogP contribution < -0.4 is 10.1 Å². The van der Waals surface area contributed by atoms with E-state index in [1.807, 2.05) is 24.3 Å². The van der Waals surface area contributed by atoms with Crippen LogP contribution in [0.4, 0.5) is 0 Å². The molecule has 0 saturated carbocycles. The maximum atomic E-state index is 9.70. The molecule has 110 valence electrons. The fourth-order valence-corrected chi connectivity index (χ4v) is 3.06. The molecule has 0 fully saturated rings. The summed E-state index contributed by atoms with van der Waals surface area (Å²) in [6.45, 7) is 0.0970. The molecule has 0 amide bonds. The van der Waals surface area contributed by atoms with Crippen LogP contribution >= 0.6 is 0 Å². The molecular formula is C18H21NO2. The molecule has 0 aromatic heterocycles. The van der Waals surface area contributed by atoms with E-state index in [9.17, 15) is 5.11 Å². The van der Waals surface area contributed by atoms with E-state index in [1.54, 1.807) is 7.11 Å². The van der Waals surface area contributed by atoms with Gasteiger partial charge in [0.25, 0.3) is 0 Å².